The third-order valence-electron chi connectivity index (χ3n) is 4.00. The van der Waals surface area contributed by atoms with Crippen LogP contribution in [0.15, 0.2) is 42.5 Å². The Morgan fingerprint density at radius 3 is 2.58 bits per heavy atom. The molecule has 5 nitrogen and oxygen atoms in total. The van der Waals surface area contributed by atoms with Crippen molar-refractivity contribution in [2.75, 3.05) is 27.2 Å². The van der Waals surface area contributed by atoms with Gasteiger partial charge in [-0.25, -0.2) is 4.79 Å². The van der Waals surface area contributed by atoms with Gasteiger partial charge in [0.05, 0.1) is 6.10 Å². The molecule has 2 amide bonds. The van der Waals surface area contributed by atoms with E-state index in [9.17, 15) is 9.90 Å². The van der Waals surface area contributed by atoms with Crippen LogP contribution in [0.5, 0.6) is 0 Å². The number of nitrogens with zero attached hydrogens (tertiary/aromatic N) is 1. The molecule has 0 heterocycles. The molecular formula is C19H27N3O2. The highest BCUT2D eigenvalue weighted by Crippen LogP contribution is 2.20. The van der Waals surface area contributed by atoms with E-state index in [4.69, 9.17) is 0 Å². The molecule has 130 valence electrons. The number of fused-ring (bicyclic) bond motifs is 1. The van der Waals surface area contributed by atoms with Crippen molar-refractivity contribution in [1.29, 1.82) is 0 Å². The van der Waals surface area contributed by atoms with Crippen molar-refractivity contribution in [2.45, 2.75) is 25.5 Å². The van der Waals surface area contributed by atoms with Crippen LogP contribution in [0.1, 0.15) is 25.0 Å². The summed E-state index contributed by atoms with van der Waals surface area (Å²) in [4.78, 5) is 14.0. The number of carbonyl (C=O) groups excluding carboxylic acids is 1. The Balaban J connectivity index is 1.83. The minimum Gasteiger partial charge on any atom is -0.387 e. The van der Waals surface area contributed by atoms with Crippen LogP contribution in [0.4, 0.5) is 4.79 Å². The number of aliphatic hydroxyl groups is 1. The smallest absolute Gasteiger partial charge is 0.315 e. The fraction of sp³-hybridized carbons (Fsp3) is 0.421. The van der Waals surface area contributed by atoms with E-state index in [1.54, 1.807) is 0 Å². The standard InChI is InChI=1S/C19H27N3O2/c1-14(10-11-22(2)3)21-19(24)20-13-18(23)17-9-8-15-6-4-5-7-16(15)12-17/h4-9,12,14,18,23H,10-11,13H2,1-3H3,(H2,20,21,24). The maximum Gasteiger partial charge on any atom is 0.315 e. The van der Waals surface area contributed by atoms with Crippen LogP contribution in [-0.4, -0.2) is 49.3 Å². The van der Waals surface area contributed by atoms with Gasteiger partial charge in [-0.1, -0.05) is 36.4 Å². The van der Waals surface area contributed by atoms with Gasteiger partial charge < -0.3 is 20.6 Å². The third kappa shape index (κ3) is 5.51. The van der Waals surface area contributed by atoms with Gasteiger partial charge in [-0.15, -0.1) is 0 Å². The Morgan fingerprint density at radius 2 is 1.88 bits per heavy atom. The molecule has 3 N–H and O–H groups in total. The summed E-state index contributed by atoms with van der Waals surface area (Å²) in [6.45, 7) is 3.08. The van der Waals surface area contributed by atoms with Crippen molar-refractivity contribution < 1.29 is 9.90 Å². The van der Waals surface area contributed by atoms with E-state index in [1.165, 1.54) is 0 Å². The van der Waals surface area contributed by atoms with Gasteiger partial charge in [0.1, 0.15) is 0 Å². The molecule has 0 saturated heterocycles. The second-order valence-corrected chi connectivity index (χ2v) is 6.47. The second kappa shape index (κ2) is 8.66. The zero-order chi connectivity index (χ0) is 17.5. The Bertz CT molecular complexity index is 672. The zero-order valence-electron chi connectivity index (χ0n) is 14.6. The lowest BCUT2D eigenvalue weighted by Crippen LogP contribution is -2.43. The van der Waals surface area contributed by atoms with Gasteiger partial charge >= 0.3 is 6.03 Å². The third-order valence-corrected chi connectivity index (χ3v) is 4.00. The lowest BCUT2D eigenvalue weighted by Gasteiger charge is -2.18. The second-order valence-electron chi connectivity index (χ2n) is 6.47. The Hall–Kier alpha value is -2.11. The Labute approximate surface area is 143 Å². The molecule has 2 rings (SSSR count). The van der Waals surface area contributed by atoms with Crippen molar-refractivity contribution >= 4 is 16.8 Å². The molecule has 0 spiro atoms. The first kappa shape index (κ1) is 18.2. The predicted octanol–water partition coefficient (Wildman–Crippen LogP) is 2.51. The number of aliphatic hydroxyl groups excluding tert-OH is 1. The highest BCUT2D eigenvalue weighted by molar-refractivity contribution is 5.83. The van der Waals surface area contributed by atoms with E-state index in [1.807, 2.05) is 63.5 Å². The number of urea groups is 1. The Morgan fingerprint density at radius 1 is 1.17 bits per heavy atom. The number of benzene rings is 2. The maximum absolute atomic E-state index is 11.9. The molecule has 0 aliphatic rings. The summed E-state index contributed by atoms with van der Waals surface area (Å²) < 4.78 is 0. The van der Waals surface area contributed by atoms with Crippen molar-refractivity contribution in [3.8, 4) is 0 Å². The molecule has 2 atom stereocenters. The van der Waals surface area contributed by atoms with E-state index in [2.05, 4.69) is 15.5 Å². The normalized spacial score (nSPS) is 13.7. The molecule has 2 unspecified atom stereocenters. The first-order valence-corrected chi connectivity index (χ1v) is 8.31. The summed E-state index contributed by atoms with van der Waals surface area (Å²) in [6, 6.07) is 13.7. The van der Waals surface area contributed by atoms with Crippen molar-refractivity contribution in [3.05, 3.63) is 48.0 Å². The van der Waals surface area contributed by atoms with Crippen LogP contribution in [0.3, 0.4) is 0 Å². The number of rotatable bonds is 7. The fourth-order valence-corrected chi connectivity index (χ4v) is 2.52. The lowest BCUT2D eigenvalue weighted by atomic mass is 10.0. The number of hydrogen-bond donors (Lipinski definition) is 3. The van der Waals surface area contributed by atoms with Gasteiger partial charge in [0.15, 0.2) is 0 Å². The van der Waals surface area contributed by atoms with Crippen LogP contribution in [0.2, 0.25) is 0 Å². The molecule has 2 aromatic carbocycles. The maximum atomic E-state index is 11.9. The van der Waals surface area contributed by atoms with Gasteiger partial charge in [0.25, 0.3) is 0 Å². The van der Waals surface area contributed by atoms with Gasteiger partial charge in [0, 0.05) is 12.6 Å². The molecular weight excluding hydrogens is 302 g/mol. The number of carbonyl (C=O) groups is 1. The largest absolute Gasteiger partial charge is 0.387 e. The van der Waals surface area contributed by atoms with Crippen LogP contribution in [-0.2, 0) is 0 Å². The summed E-state index contributed by atoms with van der Waals surface area (Å²) >= 11 is 0. The highest BCUT2D eigenvalue weighted by atomic mass is 16.3. The molecule has 2 aromatic rings. The van der Waals surface area contributed by atoms with Crippen LogP contribution >= 0.6 is 0 Å². The van der Waals surface area contributed by atoms with Crippen LogP contribution < -0.4 is 10.6 Å². The van der Waals surface area contributed by atoms with E-state index in [0.29, 0.717) is 0 Å². The minimum atomic E-state index is -0.725. The first-order chi connectivity index (χ1) is 11.5. The summed E-state index contributed by atoms with van der Waals surface area (Å²) in [7, 11) is 4.01. The highest BCUT2D eigenvalue weighted by Gasteiger charge is 2.12. The number of hydrogen-bond acceptors (Lipinski definition) is 3. The summed E-state index contributed by atoms with van der Waals surface area (Å²) in [5.74, 6) is 0. The van der Waals surface area contributed by atoms with Gasteiger partial charge in [-0.05, 0) is 56.4 Å². The molecule has 0 radical (unpaired) electrons. The van der Waals surface area contributed by atoms with Gasteiger partial charge in [-0.3, -0.25) is 0 Å². The summed E-state index contributed by atoms with van der Waals surface area (Å²) in [5, 5.41) is 18.1. The molecule has 0 aliphatic heterocycles. The van der Waals surface area contributed by atoms with Crippen molar-refractivity contribution in [2.24, 2.45) is 0 Å². The lowest BCUT2D eigenvalue weighted by molar-refractivity contribution is 0.172. The molecule has 0 aromatic heterocycles. The molecule has 0 bridgehead atoms. The first-order valence-electron chi connectivity index (χ1n) is 8.31. The SMILES string of the molecule is CC(CCN(C)C)NC(=O)NCC(O)c1ccc2ccccc2c1. The van der Waals surface area contributed by atoms with E-state index in [-0.39, 0.29) is 18.6 Å². The van der Waals surface area contributed by atoms with E-state index in [0.717, 1.165) is 29.3 Å². The predicted molar refractivity (Wildman–Crippen MR) is 98.1 cm³/mol. The molecule has 0 aliphatic carbocycles. The topological polar surface area (TPSA) is 64.6 Å². The average Bonchev–Trinajstić information content (AvgIpc) is 2.57. The summed E-state index contributed by atoms with van der Waals surface area (Å²) in [6.07, 6.45) is 0.158. The molecule has 24 heavy (non-hydrogen) atoms. The van der Waals surface area contributed by atoms with E-state index < -0.39 is 6.10 Å². The van der Waals surface area contributed by atoms with Gasteiger partial charge in [-0.2, -0.15) is 0 Å². The molecule has 0 saturated carbocycles. The van der Waals surface area contributed by atoms with E-state index >= 15 is 0 Å². The van der Waals surface area contributed by atoms with Crippen LogP contribution in [0.25, 0.3) is 10.8 Å². The minimum absolute atomic E-state index is 0.0882. The number of nitrogens with one attached hydrogen (secondary N) is 2. The van der Waals surface area contributed by atoms with Gasteiger partial charge in [0.2, 0.25) is 0 Å². The molecule has 0 fully saturated rings. The van der Waals surface area contributed by atoms with Crippen LogP contribution in [0, 0.1) is 0 Å². The quantitative estimate of drug-likeness (QED) is 0.731. The fourth-order valence-electron chi connectivity index (χ4n) is 2.52. The molecule has 5 heteroatoms. The zero-order valence-corrected chi connectivity index (χ0v) is 14.6. The average molecular weight is 329 g/mol. The Kier molecular flexibility index (Phi) is 6.58. The number of amides is 2. The monoisotopic (exact) mass is 329 g/mol. The van der Waals surface area contributed by atoms with Crippen molar-refractivity contribution in [1.82, 2.24) is 15.5 Å². The summed E-state index contributed by atoms with van der Waals surface area (Å²) in [5.41, 5.74) is 0.801. The van der Waals surface area contributed by atoms with Crippen molar-refractivity contribution in [3.63, 3.8) is 0 Å².